The lowest BCUT2D eigenvalue weighted by Gasteiger charge is -2.19. The van der Waals surface area contributed by atoms with E-state index in [1.165, 1.54) is 0 Å². The van der Waals surface area contributed by atoms with E-state index in [1.807, 2.05) is 51.1 Å². The number of fused-ring (bicyclic) bond motifs is 2. The smallest absolute Gasteiger partial charge is 0.321 e. The summed E-state index contributed by atoms with van der Waals surface area (Å²) in [6.07, 6.45) is 0. The van der Waals surface area contributed by atoms with Crippen molar-refractivity contribution in [2.24, 2.45) is 0 Å². The molecule has 0 aliphatic rings. The van der Waals surface area contributed by atoms with Crippen molar-refractivity contribution in [3.63, 3.8) is 0 Å². The largest absolute Gasteiger partial charge is 0.494 e. The summed E-state index contributed by atoms with van der Waals surface area (Å²) in [7, 11) is 3.47. The summed E-state index contributed by atoms with van der Waals surface area (Å²) >= 11 is 0. The number of rotatable bonds is 6. The van der Waals surface area contributed by atoms with E-state index in [0.29, 0.717) is 36.6 Å². The van der Waals surface area contributed by atoms with Gasteiger partial charge >= 0.3 is 12.1 Å². The Kier molecular flexibility index (Phi) is 6.79. The van der Waals surface area contributed by atoms with Crippen LogP contribution in [0.25, 0.3) is 21.8 Å². The summed E-state index contributed by atoms with van der Waals surface area (Å²) in [5, 5.41) is 7.45. The van der Waals surface area contributed by atoms with Gasteiger partial charge in [-0.1, -0.05) is 0 Å². The lowest BCUT2D eigenvalue weighted by atomic mass is 10.1. The fraction of sp³-hybridized carbons (Fsp3) is 0.348. The van der Waals surface area contributed by atoms with E-state index >= 15 is 0 Å². The zero-order valence-corrected chi connectivity index (χ0v) is 18.7. The van der Waals surface area contributed by atoms with Gasteiger partial charge in [0.05, 0.1) is 23.3 Å². The fourth-order valence-electron chi connectivity index (χ4n) is 3.10. The van der Waals surface area contributed by atoms with Crippen molar-refractivity contribution in [3.05, 3.63) is 36.4 Å². The second-order valence-corrected chi connectivity index (χ2v) is 7.22. The zero-order chi connectivity index (χ0) is 22.5. The highest BCUT2D eigenvalue weighted by Crippen LogP contribution is 2.34. The predicted octanol–water partition coefficient (Wildman–Crippen LogP) is 4.75. The van der Waals surface area contributed by atoms with E-state index in [-0.39, 0.29) is 12.1 Å². The molecule has 1 heterocycles. The number of ether oxygens (including phenoxy) is 1. The molecule has 2 N–H and O–H groups in total. The van der Waals surface area contributed by atoms with E-state index in [1.54, 1.807) is 30.0 Å². The molecule has 0 aliphatic carbocycles. The van der Waals surface area contributed by atoms with Crippen molar-refractivity contribution in [2.45, 2.75) is 20.8 Å². The summed E-state index contributed by atoms with van der Waals surface area (Å²) in [5.74, 6) is 0.719. The third-order valence-corrected chi connectivity index (χ3v) is 5.18. The molecule has 1 aromatic heterocycles. The quantitative estimate of drug-likeness (QED) is 0.560. The second kappa shape index (κ2) is 9.51. The van der Waals surface area contributed by atoms with Gasteiger partial charge in [-0.3, -0.25) is 0 Å². The third-order valence-electron chi connectivity index (χ3n) is 5.18. The molecule has 0 saturated carbocycles. The van der Waals surface area contributed by atoms with Crippen LogP contribution in [0.1, 0.15) is 20.8 Å². The topological polar surface area (TPSA) is 86.8 Å². The Morgan fingerprint density at radius 3 is 2.19 bits per heavy atom. The van der Waals surface area contributed by atoms with Gasteiger partial charge in [0.1, 0.15) is 5.75 Å². The molecular weight excluding hydrogens is 394 g/mol. The molecule has 0 bridgehead atoms. The number of carbonyl (C=O) groups excluding carboxylic acids is 2. The molecule has 0 spiro atoms. The summed E-state index contributed by atoms with van der Waals surface area (Å²) in [4.78, 5) is 32.9. The molecule has 2 aromatic carbocycles. The van der Waals surface area contributed by atoms with E-state index in [2.05, 4.69) is 10.6 Å². The molecular formula is C23H29N5O3. The van der Waals surface area contributed by atoms with Crippen LogP contribution in [0.3, 0.4) is 0 Å². The van der Waals surface area contributed by atoms with Crippen molar-refractivity contribution in [1.82, 2.24) is 14.8 Å². The van der Waals surface area contributed by atoms with Crippen LogP contribution in [0.2, 0.25) is 0 Å². The number of carbonyl (C=O) groups is 2. The first kappa shape index (κ1) is 22.1. The van der Waals surface area contributed by atoms with Gasteiger partial charge in [0.25, 0.3) is 0 Å². The zero-order valence-electron chi connectivity index (χ0n) is 18.7. The number of urea groups is 2. The van der Waals surface area contributed by atoms with Crippen molar-refractivity contribution >= 4 is 45.2 Å². The highest BCUT2D eigenvalue weighted by atomic mass is 16.5. The van der Waals surface area contributed by atoms with Gasteiger partial charge in [-0.05, 0) is 51.1 Å². The Labute approximate surface area is 182 Å². The molecule has 3 rings (SSSR count). The van der Waals surface area contributed by atoms with E-state index in [0.717, 1.165) is 22.0 Å². The van der Waals surface area contributed by atoms with Crippen LogP contribution in [0.15, 0.2) is 36.4 Å². The lowest BCUT2D eigenvalue weighted by molar-refractivity contribution is 0.224. The molecule has 8 heteroatoms. The monoisotopic (exact) mass is 423 g/mol. The standard InChI is InChI=1S/C23H29N5O3/c1-6-27(4)22(29)24-15-9-12-19-18(13-15)21(26-23(30)28(5)7-2)17-11-10-16(31-8-3)14-20(17)25-19/h9-14H,6-8H2,1-5H3,(H,24,29)(H,25,26,30). The molecule has 0 aliphatic heterocycles. The third kappa shape index (κ3) is 4.79. The first-order valence-electron chi connectivity index (χ1n) is 10.4. The van der Waals surface area contributed by atoms with Gasteiger partial charge < -0.3 is 25.2 Å². The van der Waals surface area contributed by atoms with Gasteiger partial charge in [-0.15, -0.1) is 0 Å². The fourth-order valence-corrected chi connectivity index (χ4v) is 3.10. The first-order chi connectivity index (χ1) is 14.9. The van der Waals surface area contributed by atoms with Gasteiger partial charge in [0.15, 0.2) is 0 Å². The maximum Gasteiger partial charge on any atom is 0.321 e. The molecule has 0 atom stereocenters. The predicted molar refractivity (Wildman–Crippen MR) is 125 cm³/mol. The van der Waals surface area contributed by atoms with Crippen LogP contribution >= 0.6 is 0 Å². The van der Waals surface area contributed by atoms with Crippen LogP contribution < -0.4 is 15.4 Å². The molecule has 0 unspecified atom stereocenters. The Balaban J connectivity index is 2.15. The summed E-state index contributed by atoms with van der Waals surface area (Å²) < 4.78 is 5.61. The summed E-state index contributed by atoms with van der Waals surface area (Å²) in [6, 6.07) is 10.7. The molecule has 0 saturated heterocycles. The van der Waals surface area contributed by atoms with Crippen LogP contribution in [0.5, 0.6) is 5.75 Å². The SMILES string of the molecule is CCOc1ccc2c(NC(=O)N(C)CC)c3cc(NC(=O)N(C)CC)ccc3nc2c1. The number of anilines is 2. The number of amides is 4. The maximum atomic E-state index is 12.7. The van der Waals surface area contributed by atoms with E-state index in [4.69, 9.17) is 9.72 Å². The Morgan fingerprint density at radius 2 is 1.55 bits per heavy atom. The van der Waals surface area contributed by atoms with Gasteiger partial charge in [0.2, 0.25) is 0 Å². The molecule has 8 nitrogen and oxygen atoms in total. The number of nitrogens with one attached hydrogen (secondary N) is 2. The van der Waals surface area contributed by atoms with Crippen LogP contribution in [0, 0.1) is 0 Å². The average Bonchev–Trinajstić information content (AvgIpc) is 2.77. The maximum absolute atomic E-state index is 12.7. The van der Waals surface area contributed by atoms with Crippen molar-refractivity contribution in [2.75, 3.05) is 44.4 Å². The molecule has 4 amide bonds. The van der Waals surface area contributed by atoms with E-state index in [9.17, 15) is 9.59 Å². The normalized spacial score (nSPS) is 10.7. The van der Waals surface area contributed by atoms with Crippen LogP contribution in [0.4, 0.5) is 21.0 Å². The summed E-state index contributed by atoms with van der Waals surface area (Å²) in [6.45, 7) is 7.47. The molecule has 0 radical (unpaired) electrons. The minimum atomic E-state index is -0.217. The lowest BCUT2D eigenvalue weighted by Crippen LogP contribution is -2.31. The van der Waals surface area contributed by atoms with Gasteiger partial charge in [-0.2, -0.15) is 0 Å². The second-order valence-electron chi connectivity index (χ2n) is 7.22. The van der Waals surface area contributed by atoms with E-state index < -0.39 is 0 Å². The Bertz CT molecular complexity index is 1120. The number of benzene rings is 2. The van der Waals surface area contributed by atoms with Crippen molar-refractivity contribution < 1.29 is 14.3 Å². The number of hydrogen-bond acceptors (Lipinski definition) is 4. The average molecular weight is 424 g/mol. The number of nitrogens with zero attached hydrogens (tertiary/aromatic N) is 3. The van der Waals surface area contributed by atoms with Crippen LogP contribution in [-0.4, -0.2) is 60.6 Å². The highest BCUT2D eigenvalue weighted by Gasteiger charge is 2.16. The Morgan fingerprint density at radius 1 is 0.871 bits per heavy atom. The number of aromatic nitrogens is 1. The number of hydrogen-bond donors (Lipinski definition) is 2. The molecule has 164 valence electrons. The number of pyridine rings is 1. The van der Waals surface area contributed by atoms with Crippen molar-refractivity contribution in [1.29, 1.82) is 0 Å². The highest BCUT2D eigenvalue weighted by molar-refractivity contribution is 6.13. The van der Waals surface area contributed by atoms with Crippen molar-refractivity contribution in [3.8, 4) is 5.75 Å². The minimum absolute atomic E-state index is 0.201. The van der Waals surface area contributed by atoms with Gasteiger partial charge in [-0.25, -0.2) is 14.6 Å². The molecule has 31 heavy (non-hydrogen) atoms. The minimum Gasteiger partial charge on any atom is -0.494 e. The molecule has 3 aromatic rings. The summed E-state index contributed by atoms with van der Waals surface area (Å²) in [5.41, 5.74) is 2.70. The Hall–Kier alpha value is -3.55. The first-order valence-corrected chi connectivity index (χ1v) is 10.4. The molecule has 0 fully saturated rings. The van der Waals surface area contributed by atoms with Crippen LogP contribution in [-0.2, 0) is 0 Å². The van der Waals surface area contributed by atoms with Gasteiger partial charge in [0, 0.05) is 49.7 Å².